The summed E-state index contributed by atoms with van der Waals surface area (Å²) >= 11 is 6.13. The highest BCUT2D eigenvalue weighted by atomic mass is 35.5. The average Bonchev–Trinajstić information content (AvgIpc) is 3.05. The van der Waals surface area contributed by atoms with Crippen LogP contribution in [0.5, 0.6) is 0 Å². The molecule has 4 nitrogen and oxygen atoms in total. The summed E-state index contributed by atoms with van der Waals surface area (Å²) in [4.78, 5) is 14.4. The summed E-state index contributed by atoms with van der Waals surface area (Å²) in [5, 5.41) is 6.97. The predicted octanol–water partition coefficient (Wildman–Crippen LogP) is 4.11. The number of rotatable bonds is 4. The van der Waals surface area contributed by atoms with Crippen molar-refractivity contribution < 1.29 is 4.79 Å². The number of aryl methyl sites for hydroxylation is 1. The molecule has 24 heavy (non-hydrogen) atoms. The number of carbonyl (C=O) groups excluding carboxylic acids is 1. The molecule has 1 unspecified atom stereocenters. The van der Waals surface area contributed by atoms with Gasteiger partial charge < -0.3 is 15.5 Å². The lowest BCUT2D eigenvalue weighted by Crippen LogP contribution is -2.44. The molecule has 1 aromatic rings. The lowest BCUT2D eigenvalue weighted by molar-refractivity contribution is 0.231. The molecule has 1 heterocycles. The molecule has 1 aliphatic heterocycles. The van der Waals surface area contributed by atoms with Gasteiger partial charge in [-0.25, -0.2) is 4.79 Å². The standard InChI is InChI=1S/C19H28ClN3O/c1-14-7-8-16(20)11-18(14)23-10-9-15(13-23)12-21-19(24)22-17-5-3-2-4-6-17/h7-8,11,15,17H,2-6,9-10,12-13H2,1H3,(H2,21,22,24). The van der Waals surface area contributed by atoms with Crippen molar-refractivity contribution in [3.63, 3.8) is 0 Å². The van der Waals surface area contributed by atoms with Gasteiger partial charge in [0.15, 0.2) is 0 Å². The van der Waals surface area contributed by atoms with Crippen LogP contribution < -0.4 is 15.5 Å². The molecule has 1 aliphatic carbocycles. The Kier molecular flexibility index (Phi) is 5.88. The predicted molar refractivity (Wildman–Crippen MR) is 99.9 cm³/mol. The van der Waals surface area contributed by atoms with Crippen molar-refractivity contribution in [3.05, 3.63) is 28.8 Å². The number of benzene rings is 1. The van der Waals surface area contributed by atoms with Gasteiger partial charge in [-0.05, 0) is 49.8 Å². The first-order chi connectivity index (χ1) is 11.6. The maximum Gasteiger partial charge on any atom is 0.315 e. The van der Waals surface area contributed by atoms with E-state index >= 15 is 0 Å². The third-order valence-electron chi connectivity index (χ3n) is 5.29. The second-order valence-electron chi connectivity index (χ2n) is 7.22. The first-order valence-corrected chi connectivity index (χ1v) is 9.55. The van der Waals surface area contributed by atoms with Gasteiger partial charge >= 0.3 is 6.03 Å². The number of hydrogen-bond donors (Lipinski definition) is 2. The second-order valence-corrected chi connectivity index (χ2v) is 7.66. The summed E-state index contributed by atoms with van der Waals surface area (Å²) in [5.74, 6) is 0.500. The first kappa shape index (κ1) is 17.4. The topological polar surface area (TPSA) is 44.4 Å². The SMILES string of the molecule is Cc1ccc(Cl)cc1N1CCC(CNC(=O)NC2CCCCC2)C1. The Morgan fingerprint density at radius 3 is 2.83 bits per heavy atom. The Morgan fingerprint density at radius 2 is 2.04 bits per heavy atom. The Bertz CT molecular complexity index is 572. The van der Waals surface area contributed by atoms with Crippen LogP contribution in [0.1, 0.15) is 44.1 Å². The summed E-state index contributed by atoms with van der Waals surface area (Å²) in [6, 6.07) is 6.42. The van der Waals surface area contributed by atoms with Crippen molar-refractivity contribution in [1.82, 2.24) is 10.6 Å². The fourth-order valence-corrected chi connectivity index (χ4v) is 4.03. The van der Waals surface area contributed by atoms with E-state index in [9.17, 15) is 4.79 Å². The Balaban J connectivity index is 1.44. The molecule has 1 saturated heterocycles. The van der Waals surface area contributed by atoms with E-state index in [2.05, 4.69) is 28.5 Å². The van der Waals surface area contributed by atoms with Crippen LogP contribution in [-0.2, 0) is 0 Å². The summed E-state index contributed by atoms with van der Waals surface area (Å²) in [6.07, 6.45) is 7.14. The van der Waals surface area contributed by atoms with E-state index in [0.29, 0.717) is 12.0 Å². The monoisotopic (exact) mass is 349 g/mol. The molecule has 1 atom stereocenters. The number of anilines is 1. The van der Waals surface area contributed by atoms with E-state index in [0.717, 1.165) is 43.9 Å². The molecule has 5 heteroatoms. The van der Waals surface area contributed by atoms with E-state index in [1.54, 1.807) is 0 Å². The van der Waals surface area contributed by atoms with Crippen LogP contribution in [0.15, 0.2) is 18.2 Å². The number of carbonyl (C=O) groups is 1. The van der Waals surface area contributed by atoms with Crippen molar-refractivity contribution in [2.45, 2.75) is 51.5 Å². The number of hydrogen-bond acceptors (Lipinski definition) is 2. The van der Waals surface area contributed by atoms with Gasteiger partial charge in [0.2, 0.25) is 0 Å². The largest absolute Gasteiger partial charge is 0.371 e. The molecule has 2 aliphatic rings. The minimum atomic E-state index is -0.000661. The molecule has 0 bridgehead atoms. The summed E-state index contributed by atoms with van der Waals surface area (Å²) in [7, 11) is 0. The van der Waals surface area contributed by atoms with Crippen molar-refractivity contribution in [2.24, 2.45) is 5.92 Å². The molecule has 1 saturated carbocycles. The number of nitrogens with one attached hydrogen (secondary N) is 2. The molecule has 0 radical (unpaired) electrons. The Labute approximate surface area is 149 Å². The van der Waals surface area contributed by atoms with Crippen LogP contribution in [0.25, 0.3) is 0 Å². The van der Waals surface area contributed by atoms with Gasteiger partial charge in [-0.2, -0.15) is 0 Å². The summed E-state index contributed by atoms with van der Waals surface area (Å²) < 4.78 is 0. The number of nitrogens with zero attached hydrogens (tertiary/aromatic N) is 1. The quantitative estimate of drug-likeness (QED) is 0.859. The zero-order valence-electron chi connectivity index (χ0n) is 14.5. The highest BCUT2D eigenvalue weighted by Crippen LogP contribution is 2.29. The van der Waals surface area contributed by atoms with E-state index < -0.39 is 0 Å². The van der Waals surface area contributed by atoms with Crippen LogP contribution in [0.3, 0.4) is 0 Å². The maximum atomic E-state index is 12.1. The molecule has 2 fully saturated rings. The third-order valence-corrected chi connectivity index (χ3v) is 5.52. The smallest absolute Gasteiger partial charge is 0.315 e. The van der Waals surface area contributed by atoms with E-state index in [-0.39, 0.29) is 6.03 Å². The molecule has 0 aromatic heterocycles. The van der Waals surface area contributed by atoms with Gasteiger partial charge in [-0.1, -0.05) is 36.9 Å². The van der Waals surface area contributed by atoms with Gasteiger partial charge in [0.1, 0.15) is 0 Å². The number of halogens is 1. The van der Waals surface area contributed by atoms with E-state index in [4.69, 9.17) is 11.6 Å². The van der Waals surface area contributed by atoms with Crippen molar-refractivity contribution in [2.75, 3.05) is 24.5 Å². The van der Waals surface area contributed by atoms with E-state index in [1.807, 2.05) is 12.1 Å². The molecule has 3 rings (SSSR count). The molecule has 132 valence electrons. The zero-order valence-corrected chi connectivity index (χ0v) is 15.2. The molecule has 0 spiro atoms. The van der Waals surface area contributed by atoms with Gasteiger partial charge in [0.05, 0.1) is 0 Å². The fourth-order valence-electron chi connectivity index (χ4n) is 3.86. The summed E-state index contributed by atoms with van der Waals surface area (Å²) in [5.41, 5.74) is 2.47. The Hall–Kier alpha value is -1.42. The first-order valence-electron chi connectivity index (χ1n) is 9.17. The highest BCUT2D eigenvalue weighted by Gasteiger charge is 2.24. The number of amides is 2. The van der Waals surface area contributed by atoms with Crippen molar-refractivity contribution in [1.29, 1.82) is 0 Å². The normalized spacial score (nSPS) is 21.8. The minimum absolute atomic E-state index is 0.000661. The van der Waals surface area contributed by atoms with Crippen LogP contribution in [0.2, 0.25) is 5.02 Å². The Morgan fingerprint density at radius 1 is 1.25 bits per heavy atom. The molecule has 2 amide bonds. The molecule has 2 N–H and O–H groups in total. The molecular formula is C19H28ClN3O. The lowest BCUT2D eigenvalue weighted by Gasteiger charge is -2.23. The maximum absolute atomic E-state index is 12.1. The molecular weight excluding hydrogens is 322 g/mol. The fraction of sp³-hybridized carbons (Fsp3) is 0.632. The van der Waals surface area contributed by atoms with E-state index in [1.165, 1.54) is 30.5 Å². The highest BCUT2D eigenvalue weighted by molar-refractivity contribution is 6.30. The summed E-state index contributed by atoms with van der Waals surface area (Å²) in [6.45, 7) is 4.87. The van der Waals surface area contributed by atoms with Crippen LogP contribution in [-0.4, -0.2) is 31.7 Å². The van der Waals surface area contributed by atoms with Gasteiger partial charge in [-0.15, -0.1) is 0 Å². The van der Waals surface area contributed by atoms with Crippen LogP contribution in [0, 0.1) is 12.8 Å². The van der Waals surface area contributed by atoms with Gasteiger partial charge in [0.25, 0.3) is 0 Å². The third kappa shape index (κ3) is 4.56. The zero-order chi connectivity index (χ0) is 16.9. The van der Waals surface area contributed by atoms with Crippen LogP contribution >= 0.6 is 11.6 Å². The van der Waals surface area contributed by atoms with Crippen LogP contribution in [0.4, 0.5) is 10.5 Å². The number of urea groups is 1. The van der Waals surface area contributed by atoms with Gasteiger partial charge in [0, 0.05) is 36.4 Å². The molecule has 1 aromatic carbocycles. The average molecular weight is 350 g/mol. The van der Waals surface area contributed by atoms with Crippen molar-refractivity contribution >= 4 is 23.3 Å². The van der Waals surface area contributed by atoms with Crippen molar-refractivity contribution in [3.8, 4) is 0 Å². The lowest BCUT2D eigenvalue weighted by atomic mass is 9.96. The second kappa shape index (κ2) is 8.11. The minimum Gasteiger partial charge on any atom is -0.371 e. The van der Waals surface area contributed by atoms with Gasteiger partial charge in [-0.3, -0.25) is 0 Å².